The van der Waals surface area contributed by atoms with Crippen molar-refractivity contribution in [1.82, 2.24) is 5.32 Å². The van der Waals surface area contributed by atoms with Gasteiger partial charge in [0.25, 0.3) is 0 Å². The maximum absolute atomic E-state index is 5.66. The molecule has 0 aliphatic heterocycles. The smallest absolute Gasteiger partial charge is 0.119 e. The zero-order valence-electron chi connectivity index (χ0n) is 13.2. The molecular formula is C19H25NO. The van der Waals surface area contributed by atoms with Crippen LogP contribution in [0.4, 0.5) is 0 Å². The lowest BCUT2D eigenvalue weighted by atomic mass is 9.95. The average Bonchev–Trinajstić information content (AvgIpc) is 2.52. The summed E-state index contributed by atoms with van der Waals surface area (Å²) in [4.78, 5) is 0. The van der Waals surface area contributed by atoms with Gasteiger partial charge in [0.2, 0.25) is 0 Å². The van der Waals surface area contributed by atoms with E-state index < -0.39 is 0 Å². The monoisotopic (exact) mass is 283 g/mol. The molecule has 0 aliphatic carbocycles. The van der Waals surface area contributed by atoms with Crippen molar-refractivity contribution >= 4 is 0 Å². The van der Waals surface area contributed by atoms with Gasteiger partial charge in [-0.1, -0.05) is 50.2 Å². The van der Waals surface area contributed by atoms with Crippen LogP contribution >= 0.6 is 0 Å². The highest BCUT2D eigenvalue weighted by Gasteiger charge is 2.14. The van der Waals surface area contributed by atoms with Gasteiger partial charge in [-0.2, -0.15) is 0 Å². The quantitative estimate of drug-likeness (QED) is 0.808. The molecule has 0 aliphatic rings. The molecule has 0 saturated heterocycles. The van der Waals surface area contributed by atoms with Crippen molar-refractivity contribution in [1.29, 1.82) is 0 Å². The predicted molar refractivity (Wildman–Crippen MR) is 88.9 cm³/mol. The Bertz CT molecular complexity index is 548. The molecule has 0 spiro atoms. The molecule has 1 N–H and O–H groups in total. The van der Waals surface area contributed by atoms with Gasteiger partial charge >= 0.3 is 0 Å². The van der Waals surface area contributed by atoms with Crippen molar-refractivity contribution in [2.75, 3.05) is 13.2 Å². The summed E-state index contributed by atoms with van der Waals surface area (Å²) in [7, 11) is 0. The normalized spacial score (nSPS) is 12.1. The Balaban J connectivity index is 2.24. The number of aryl methyl sites for hydroxylation is 1. The SMILES string of the molecule is CCCOc1ccc(C(NCC)c2ccccc2C)cc1. The second-order valence-corrected chi connectivity index (χ2v) is 5.26. The molecule has 0 amide bonds. The summed E-state index contributed by atoms with van der Waals surface area (Å²) in [6, 6.07) is 17.2. The number of nitrogens with one attached hydrogen (secondary N) is 1. The first-order valence-electron chi connectivity index (χ1n) is 7.78. The standard InChI is InChI=1S/C19H25NO/c1-4-14-21-17-12-10-16(11-13-17)19(20-5-2)18-9-7-6-8-15(18)3/h6-13,19-20H,4-5,14H2,1-3H3. The van der Waals surface area contributed by atoms with E-state index in [-0.39, 0.29) is 6.04 Å². The fourth-order valence-electron chi connectivity index (χ4n) is 2.50. The molecule has 0 bridgehead atoms. The van der Waals surface area contributed by atoms with Gasteiger partial charge in [-0.15, -0.1) is 0 Å². The molecule has 21 heavy (non-hydrogen) atoms. The highest BCUT2D eigenvalue weighted by atomic mass is 16.5. The first-order valence-corrected chi connectivity index (χ1v) is 7.78. The zero-order chi connectivity index (χ0) is 15.1. The molecule has 0 heterocycles. The van der Waals surface area contributed by atoms with Crippen molar-refractivity contribution in [3.8, 4) is 5.75 Å². The molecule has 112 valence electrons. The Morgan fingerprint density at radius 2 is 1.71 bits per heavy atom. The van der Waals surface area contributed by atoms with Gasteiger partial charge in [-0.3, -0.25) is 0 Å². The highest BCUT2D eigenvalue weighted by molar-refractivity contribution is 5.38. The Kier molecular flexibility index (Phi) is 5.82. The highest BCUT2D eigenvalue weighted by Crippen LogP contribution is 2.26. The summed E-state index contributed by atoms with van der Waals surface area (Å²) in [5, 5.41) is 3.58. The largest absolute Gasteiger partial charge is 0.494 e. The minimum atomic E-state index is 0.233. The second-order valence-electron chi connectivity index (χ2n) is 5.26. The number of ether oxygens (including phenoxy) is 1. The van der Waals surface area contributed by atoms with Crippen LogP contribution < -0.4 is 10.1 Å². The fourth-order valence-corrected chi connectivity index (χ4v) is 2.50. The van der Waals surface area contributed by atoms with E-state index in [1.807, 2.05) is 0 Å². The third kappa shape index (κ3) is 4.08. The molecule has 1 unspecified atom stereocenters. The van der Waals surface area contributed by atoms with E-state index in [2.05, 4.69) is 74.6 Å². The topological polar surface area (TPSA) is 21.3 Å². The molecule has 0 fully saturated rings. The lowest BCUT2D eigenvalue weighted by molar-refractivity contribution is 0.317. The number of benzene rings is 2. The minimum Gasteiger partial charge on any atom is -0.494 e. The van der Waals surface area contributed by atoms with Crippen LogP contribution in [0.25, 0.3) is 0 Å². The van der Waals surface area contributed by atoms with Crippen molar-refractivity contribution in [3.63, 3.8) is 0 Å². The Hall–Kier alpha value is -1.80. The van der Waals surface area contributed by atoms with E-state index in [1.165, 1.54) is 16.7 Å². The molecule has 2 nitrogen and oxygen atoms in total. The van der Waals surface area contributed by atoms with Crippen LogP contribution in [0.5, 0.6) is 5.75 Å². The summed E-state index contributed by atoms with van der Waals surface area (Å²) < 4.78 is 5.66. The average molecular weight is 283 g/mol. The van der Waals surface area contributed by atoms with Crippen molar-refractivity contribution in [3.05, 3.63) is 65.2 Å². The summed E-state index contributed by atoms with van der Waals surface area (Å²) in [6.45, 7) is 8.14. The molecular weight excluding hydrogens is 258 g/mol. The van der Waals surface area contributed by atoms with Crippen LogP contribution in [0.1, 0.15) is 43.0 Å². The van der Waals surface area contributed by atoms with Crippen LogP contribution in [0.15, 0.2) is 48.5 Å². The zero-order valence-corrected chi connectivity index (χ0v) is 13.2. The van der Waals surface area contributed by atoms with Gasteiger partial charge in [0.15, 0.2) is 0 Å². The number of hydrogen-bond acceptors (Lipinski definition) is 2. The lowest BCUT2D eigenvalue weighted by Crippen LogP contribution is -2.22. The minimum absolute atomic E-state index is 0.233. The molecule has 2 rings (SSSR count). The maximum Gasteiger partial charge on any atom is 0.119 e. The van der Waals surface area contributed by atoms with Crippen LogP contribution in [0, 0.1) is 6.92 Å². The number of hydrogen-bond donors (Lipinski definition) is 1. The molecule has 0 saturated carbocycles. The van der Waals surface area contributed by atoms with E-state index in [0.717, 1.165) is 25.3 Å². The van der Waals surface area contributed by atoms with E-state index in [9.17, 15) is 0 Å². The summed E-state index contributed by atoms with van der Waals surface area (Å²) in [6.07, 6.45) is 1.03. The third-order valence-electron chi connectivity index (χ3n) is 3.59. The van der Waals surface area contributed by atoms with Crippen LogP contribution in [-0.4, -0.2) is 13.2 Å². The van der Waals surface area contributed by atoms with Crippen LogP contribution in [0.2, 0.25) is 0 Å². The second kappa shape index (κ2) is 7.84. The van der Waals surface area contributed by atoms with Crippen molar-refractivity contribution < 1.29 is 4.74 Å². The van der Waals surface area contributed by atoms with Gasteiger partial charge in [0.05, 0.1) is 12.6 Å². The van der Waals surface area contributed by atoms with E-state index in [1.54, 1.807) is 0 Å². The Morgan fingerprint density at radius 3 is 2.33 bits per heavy atom. The summed E-state index contributed by atoms with van der Waals surface area (Å²) in [5.74, 6) is 0.945. The van der Waals surface area contributed by atoms with Crippen LogP contribution in [0.3, 0.4) is 0 Å². The van der Waals surface area contributed by atoms with E-state index >= 15 is 0 Å². The Labute approximate surface area is 128 Å². The molecule has 2 aromatic rings. The fraction of sp³-hybridized carbons (Fsp3) is 0.368. The van der Waals surface area contributed by atoms with Gasteiger partial charge in [0.1, 0.15) is 5.75 Å². The summed E-state index contributed by atoms with van der Waals surface area (Å²) >= 11 is 0. The molecule has 2 aromatic carbocycles. The molecule has 0 radical (unpaired) electrons. The lowest BCUT2D eigenvalue weighted by Gasteiger charge is -2.21. The van der Waals surface area contributed by atoms with Crippen LogP contribution in [-0.2, 0) is 0 Å². The molecule has 2 heteroatoms. The van der Waals surface area contributed by atoms with Gasteiger partial charge in [-0.05, 0) is 48.7 Å². The summed E-state index contributed by atoms with van der Waals surface area (Å²) in [5.41, 5.74) is 3.92. The van der Waals surface area contributed by atoms with E-state index in [4.69, 9.17) is 4.74 Å². The van der Waals surface area contributed by atoms with Gasteiger partial charge < -0.3 is 10.1 Å². The van der Waals surface area contributed by atoms with E-state index in [0.29, 0.717) is 0 Å². The molecule has 0 aromatic heterocycles. The third-order valence-corrected chi connectivity index (χ3v) is 3.59. The maximum atomic E-state index is 5.66. The number of rotatable bonds is 7. The van der Waals surface area contributed by atoms with Crippen molar-refractivity contribution in [2.45, 2.75) is 33.2 Å². The first kappa shape index (κ1) is 15.6. The Morgan fingerprint density at radius 1 is 1.00 bits per heavy atom. The predicted octanol–water partition coefficient (Wildman–Crippen LogP) is 4.48. The first-order chi connectivity index (χ1) is 10.3. The van der Waals surface area contributed by atoms with Crippen molar-refractivity contribution in [2.24, 2.45) is 0 Å². The van der Waals surface area contributed by atoms with Gasteiger partial charge in [-0.25, -0.2) is 0 Å². The molecule has 1 atom stereocenters. The van der Waals surface area contributed by atoms with Gasteiger partial charge in [0, 0.05) is 0 Å².